The van der Waals surface area contributed by atoms with Crippen LogP contribution < -0.4 is 5.73 Å². The van der Waals surface area contributed by atoms with E-state index in [1.165, 1.54) is 12.7 Å². The summed E-state index contributed by atoms with van der Waals surface area (Å²) in [5.41, 5.74) is 7.36. The summed E-state index contributed by atoms with van der Waals surface area (Å²) in [7, 11) is 0. The molecule has 0 amide bonds. The van der Waals surface area contributed by atoms with Gasteiger partial charge >= 0.3 is 0 Å². The first kappa shape index (κ1) is 11.2. The number of nitrogens with zero attached hydrogens (tertiary/aromatic N) is 4. The molecule has 2 fully saturated rings. The molecule has 2 aromatic rings. The Morgan fingerprint density at radius 1 is 1.26 bits per heavy atom. The second-order valence-electron chi connectivity index (χ2n) is 5.73. The van der Waals surface area contributed by atoms with Crippen LogP contribution in [0.25, 0.3) is 11.2 Å². The van der Waals surface area contributed by atoms with Crippen molar-refractivity contribution in [2.45, 2.75) is 25.3 Å². The van der Waals surface area contributed by atoms with Crippen LogP contribution in [-0.4, -0.2) is 31.2 Å². The van der Waals surface area contributed by atoms with Crippen LogP contribution >= 0.6 is 0 Å². The third-order valence-corrected chi connectivity index (χ3v) is 4.80. The maximum Gasteiger partial charge on any atom is 0.165 e. The van der Waals surface area contributed by atoms with Gasteiger partial charge in [0.15, 0.2) is 11.5 Å². The molecule has 0 unspecified atom stereocenters. The molecule has 2 heterocycles. The van der Waals surface area contributed by atoms with Crippen molar-refractivity contribution in [3.63, 3.8) is 0 Å². The number of rotatable bonds is 2. The number of nitrogen functional groups attached to an aromatic ring is 1. The van der Waals surface area contributed by atoms with Gasteiger partial charge in [-0.15, -0.1) is 0 Å². The minimum atomic E-state index is 0.327. The Balaban J connectivity index is 1.71. The van der Waals surface area contributed by atoms with Crippen molar-refractivity contribution in [1.82, 2.24) is 19.5 Å². The largest absolute Gasteiger partial charge is 0.396 e. The van der Waals surface area contributed by atoms with Gasteiger partial charge in [-0.3, -0.25) is 0 Å². The molecule has 100 valence electrons. The highest BCUT2D eigenvalue weighted by Gasteiger charge is 2.51. The van der Waals surface area contributed by atoms with Crippen molar-refractivity contribution >= 4 is 17.0 Å². The monoisotopic (exact) mass is 259 g/mol. The number of hydrogen-bond acceptors (Lipinski definition) is 5. The molecule has 0 radical (unpaired) electrons. The van der Waals surface area contributed by atoms with Crippen LogP contribution in [0.1, 0.15) is 25.3 Å². The number of aromatic nitrogens is 4. The van der Waals surface area contributed by atoms with E-state index in [1.54, 1.807) is 0 Å². The molecule has 0 saturated heterocycles. The molecular formula is C13H17N5O. The Kier molecular flexibility index (Phi) is 2.29. The van der Waals surface area contributed by atoms with Crippen LogP contribution in [0.2, 0.25) is 0 Å². The van der Waals surface area contributed by atoms with Gasteiger partial charge in [-0.05, 0) is 37.0 Å². The van der Waals surface area contributed by atoms with Gasteiger partial charge in [-0.25, -0.2) is 15.0 Å². The molecule has 0 aliphatic heterocycles. The van der Waals surface area contributed by atoms with Crippen molar-refractivity contribution in [3.8, 4) is 0 Å². The van der Waals surface area contributed by atoms with Gasteiger partial charge in [-0.2, -0.15) is 0 Å². The number of aliphatic hydroxyl groups is 1. The fourth-order valence-corrected chi connectivity index (χ4v) is 3.72. The first-order valence-corrected chi connectivity index (χ1v) is 6.83. The van der Waals surface area contributed by atoms with Crippen LogP contribution in [0, 0.1) is 17.8 Å². The van der Waals surface area contributed by atoms with Gasteiger partial charge in [0.1, 0.15) is 11.8 Å². The quantitative estimate of drug-likeness (QED) is 0.839. The SMILES string of the molecule is Nc1ncnc2c1ncn2[C@H]1CC[C@@H](CO)[C@@H]2C[C@@H]21. The number of anilines is 1. The summed E-state index contributed by atoms with van der Waals surface area (Å²) in [6.07, 6.45) is 6.73. The molecule has 4 rings (SSSR count). The lowest BCUT2D eigenvalue weighted by atomic mass is 9.86. The molecule has 0 spiro atoms. The van der Waals surface area contributed by atoms with E-state index in [9.17, 15) is 5.11 Å². The summed E-state index contributed by atoms with van der Waals surface area (Å²) in [5.74, 6) is 2.29. The van der Waals surface area contributed by atoms with Gasteiger partial charge < -0.3 is 15.4 Å². The molecule has 2 aliphatic rings. The smallest absolute Gasteiger partial charge is 0.165 e. The molecule has 6 nitrogen and oxygen atoms in total. The molecule has 2 saturated carbocycles. The summed E-state index contributed by atoms with van der Waals surface area (Å²) in [6.45, 7) is 0.327. The van der Waals surface area contributed by atoms with Gasteiger partial charge in [0.2, 0.25) is 0 Å². The minimum absolute atomic E-state index is 0.327. The Labute approximate surface area is 110 Å². The number of nitrogens with two attached hydrogens (primary N) is 1. The molecule has 2 aromatic heterocycles. The average molecular weight is 259 g/mol. The van der Waals surface area contributed by atoms with Crippen LogP contribution in [0.15, 0.2) is 12.7 Å². The lowest BCUT2D eigenvalue weighted by Gasteiger charge is -2.27. The van der Waals surface area contributed by atoms with E-state index in [4.69, 9.17) is 5.73 Å². The fourth-order valence-electron chi connectivity index (χ4n) is 3.72. The molecule has 6 heteroatoms. The normalized spacial score (nSPS) is 33.3. The van der Waals surface area contributed by atoms with Crippen LogP contribution in [0.3, 0.4) is 0 Å². The van der Waals surface area contributed by atoms with E-state index in [0.717, 1.165) is 18.5 Å². The Morgan fingerprint density at radius 3 is 3.00 bits per heavy atom. The maximum atomic E-state index is 9.36. The van der Waals surface area contributed by atoms with E-state index >= 15 is 0 Å². The molecule has 2 aliphatic carbocycles. The molecule has 0 bridgehead atoms. The first-order chi connectivity index (χ1) is 9.29. The summed E-state index contributed by atoms with van der Waals surface area (Å²) in [4.78, 5) is 12.7. The highest BCUT2D eigenvalue weighted by atomic mass is 16.3. The van der Waals surface area contributed by atoms with Crippen molar-refractivity contribution in [2.75, 3.05) is 12.3 Å². The minimum Gasteiger partial charge on any atom is -0.396 e. The summed E-state index contributed by atoms with van der Waals surface area (Å²) < 4.78 is 2.16. The summed E-state index contributed by atoms with van der Waals surface area (Å²) in [5, 5.41) is 9.36. The highest BCUT2D eigenvalue weighted by Crippen LogP contribution is 2.57. The van der Waals surface area contributed by atoms with Crippen molar-refractivity contribution < 1.29 is 5.11 Å². The lowest BCUT2D eigenvalue weighted by Crippen LogP contribution is -2.22. The topological polar surface area (TPSA) is 89.9 Å². The summed E-state index contributed by atoms with van der Waals surface area (Å²) >= 11 is 0. The number of fused-ring (bicyclic) bond motifs is 2. The third kappa shape index (κ3) is 1.56. The predicted octanol–water partition coefficient (Wildman–Crippen LogP) is 0.988. The van der Waals surface area contributed by atoms with E-state index in [2.05, 4.69) is 19.5 Å². The van der Waals surface area contributed by atoms with Crippen LogP contribution in [0.5, 0.6) is 0 Å². The first-order valence-electron chi connectivity index (χ1n) is 6.83. The van der Waals surface area contributed by atoms with E-state index < -0.39 is 0 Å². The average Bonchev–Trinajstić information content (AvgIpc) is 3.11. The van der Waals surface area contributed by atoms with Crippen LogP contribution in [0.4, 0.5) is 5.82 Å². The maximum absolute atomic E-state index is 9.36. The molecule has 3 N–H and O–H groups in total. The van der Waals surface area contributed by atoms with Crippen molar-refractivity contribution in [3.05, 3.63) is 12.7 Å². The molecule has 19 heavy (non-hydrogen) atoms. The highest BCUT2D eigenvalue weighted by molar-refractivity contribution is 5.81. The zero-order valence-corrected chi connectivity index (χ0v) is 10.6. The standard InChI is InChI=1S/C13H17N5O/c14-12-11-13(16-5-15-12)18(6-17-11)10-2-1-7(4-19)8-3-9(8)10/h5-10,19H,1-4H2,(H2,14,15,16)/t7-,8-,9-,10-/m0/s1. The second kappa shape index (κ2) is 3.90. The Bertz CT molecular complexity index is 625. The van der Waals surface area contributed by atoms with E-state index in [1.807, 2.05) is 6.33 Å². The molecule has 4 atom stereocenters. The van der Waals surface area contributed by atoms with Gasteiger partial charge in [0.25, 0.3) is 0 Å². The van der Waals surface area contributed by atoms with Crippen molar-refractivity contribution in [2.24, 2.45) is 17.8 Å². The number of imidazole rings is 1. The number of aliphatic hydroxyl groups excluding tert-OH is 1. The van der Waals surface area contributed by atoms with Gasteiger partial charge in [0, 0.05) is 12.6 Å². The zero-order valence-electron chi connectivity index (χ0n) is 10.6. The van der Waals surface area contributed by atoms with Gasteiger partial charge in [0.05, 0.1) is 6.33 Å². The zero-order chi connectivity index (χ0) is 13.0. The second-order valence-corrected chi connectivity index (χ2v) is 5.73. The number of hydrogen-bond donors (Lipinski definition) is 2. The third-order valence-electron chi connectivity index (χ3n) is 4.80. The van der Waals surface area contributed by atoms with E-state index in [-0.39, 0.29) is 0 Å². The molecular weight excluding hydrogens is 242 g/mol. The predicted molar refractivity (Wildman–Crippen MR) is 70.2 cm³/mol. The summed E-state index contributed by atoms with van der Waals surface area (Å²) in [6, 6.07) is 0.451. The van der Waals surface area contributed by atoms with E-state index in [0.29, 0.717) is 41.7 Å². The van der Waals surface area contributed by atoms with Crippen molar-refractivity contribution in [1.29, 1.82) is 0 Å². The Morgan fingerprint density at radius 2 is 2.16 bits per heavy atom. The van der Waals surface area contributed by atoms with Crippen LogP contribution in [-0.2, 0) is 0 Å². The Hall–Kier alpha value is -1.69. The van der Waals surface area contributed by atoms with Gasteiger partial charge in [-0.1, -0.05) is 0 Å². The fraction of sp³-hybridized carbons (Fsp3) is 0.615. The molecule has 0 aromatic carbocycles. The lowest BCUT2D eigenvalue weighted by molar-refractivity contribution is 0.159.